The minimum Gasteiger partial charge on any atom is -0.461 e. The number of rotatable bonds is 3. The second kappa shape index (κ2) is 4.91. The van der Waals surface area contributed by atoms with Gasteiger partial charge in [0, 0.05) is 5.92 Å². The first-order valence-electron chi connectivity index (χ1n) is 6.91. The van der Waals surface area contributed by atoms with E-state index in [9.17, 15) is 4.79 Å². The molecule has 112 valence electrons. The number of fused-ring (bicyclic) bond motifs is 1. The Kier molecular flexibility index (Phi) is 3.00. The van der Waals surface area contributed by atoms with E-state index in [1.54, 1.807) is 29.8 Å². The van der Waals surface area contributed by atoms with Gasteiger partial charge in [0.05, 0.1) is 6.26 Å². The largest absolute Gasteiger partial charge is 0.461 e. The number of carbonyl (C=O) groups is 1. The van der Waals surface area contributed by atoms with E-state index in [0.29, 0.717) is 33.3 Å². The molecule has 0 radical (unpaired) electrons. The van der Waals surface area contributed by atoms with E-state index < -0.39 is 0 Å². The Morgan fingerprint density at radius 1 is 1.45 bits per heavy atom. The third kappa shape index (κ3) is 2.19. The van der Waals surface area contributed by atoms with Crippen molar-refractivity contribution in [2.75, 3.05) is 5.32 Å². The number of furan rings is 1. The zero-order chi connectivity index (χ0) is 15.3. The van der Waals surface area contributed by atoms with Crippen LogP contribution in [0.1, 0.15) is 18.7 Å². The van der Waals surface area contributed by atoms with Crippen molar-refractivity contribution in [1.82, 2.24) is 19.6 Å². The highest BCUT2D eigenvalue weighted by molar-refractivity contribution is 9.10. The van der Waals surface area contributed by atoms with Crippen LogP contribution in [0.3, 0.4) is 0 Å². The maximum Gasteiger partial charge on any atom is 0.228 e. The van der Waals surface area contributed by atoms with Crippen molar-refractivity contribution < 1.29 is 9.21 Å². The van der Waals surface area contributed by atoms with Crippen molar-refractivity contribution in [3.63, 3.8) is 0 Å². The summed E-state index contributed by atoms with van der Waals surface area (Å²) in [6, 6.07) is 3.57. The van der Waals surface area contributed by atoms with Crippen LogP contribution in [0.2, 0.25) is 0 Å². The Balaban J connectivity index is 1.89. The SMILES string of the molecule is Cc1nc2c(Br)c(NC(=O)C3CC3)nc(-c3ccco3)n2n1. The molecule has 0 spiro atoms. The van der Waals surface area contributed by atoms with E-state index >= 15 is 0 Å². The van der Waals surface area contributed by atoms with Crippen LogP contribution < -0.4 is 5.32 Å². The Morgan fingerprint density at radius 2 is 2.27 bits per heavy atom. The molecule has 0 aliphatic heterocycles. The van der Waals surface area contributed by atoms with Gasteiger partial charge in [0.1, 0.15) is 10.3 Å². The molecule has 3 heterocycles. The summed E-state index contributed by atoms with van der Waals surface area (Å²) < 4.78 is 7.63. The van der Waals surface area contributed by atoms with Gasteiger partial charge in [-0.25, -0.2) is 9.97 Å². The molecule has 3 aromatic heterocycles. The first-order chi connectivity index (χ1) is 10.6. The zero-order valence-electron chi connectivity index (χ0n) is 11.7. The molecule has 1 fully saturated rings. The van der Waals surface area contributed by atoms with Gasteiger partial charge >= 0.3 is 0 Å². The molecule has 22 heavy (non-hydrogen) atoms. The number of aryl methyl sites for hydroxylation is 1. The van der Waals surface area contributed by atoms with E-state index in [4.69, 9.17) is 4.42 Å². The lowest BCUT2D eigenvalue weighted by Crippen LogP contribution is -2.16. The van der Waals surface area contributed by atoms with Gasteiger partial charge in [-0.15, -0.1) is 5.10 Å². The highest BCUT2D eigenvalue weighted by atomic mass is 79.9. The molecule has 1 aliphatic carbocycles. The molecule has 1 saturated carbocycles. The number of halogens is 1. The lowest BCUT2D eigenvalue weighted by Gasteiger charge is -2.09. The van der Waals surface area contributed by atoms with Gasteiger partial charge in [0.25, 0.3) is 0 Å². The minimum absolute atomic E-state index is 0.0146. The van der Waals surface area contributed by atoms with Crippen LogP contribution in [0.25, 0.3) is 17.2 Å². The summed E-state index contributed by atoms with van der Waals surface area (Å²) in [4.78, 5) is 20.9. The van der Waals surface area contributed by atoms with Crippen LogP contribution in [-0.2, 0) is 4.79 Å². The summed E-state index contributed by atoms with van der Waals surface area (Å²) in [5.41, 5.74) is 0.588. The number of anilines is 1. The number of hydrogen-bond acceptors (Lipinski definition) is 5. The van der Waals surface area contributed by atoms with Crippen molar-refractivity contribution in [3.05, 3.63) is 28.7 Å². The van der Waals surface area contributed by atoms with Gasteiger partial charge in [-0.1, -0.05) is 0 Å². The number of aromatic nitrogens is 4. The van der Waals surface area contributed by atoms with Crippen molar-refractivity contribution in [2.45, 2.75) is 19.8 Å². The average molecular weight is 362 g/mol. The summed E-state index contributed by atoms with van der Waals surface area (Å²) in [7, 11) is 0. The normalized spacial score (nSPS) is 14.5. The van der Waals surface area contributed by atoms with Crippen molar-refractivity contribution >= 4 is 33.3 Å². The van der Waals surface area contributed by atoms with E-state index in [-0.39, 0.29) is 11.8 Å². The molecule has 0 bridgehead atoms. The summed E-state index contributed by atoms with van der Waals surface area (Å²) in [5, 5.41) is 7.19. The molecule has 7 nitrogen and oxygen atoms in total. The summed E-state index contributed by atoms with van der Waals surface area (Å²) in [5.74, 6) is 2.18. The number of carbonyl (C=O) groups excluding carboxylic acids is 1. The first-order valence-corrected chi connectivity index (χ1v) is 7.70. The van der Waals surface area contributed by atoms with Gasteiger partial charge in [0.2, 0.25) is 11.7 Å². The van der Waals surface area contributed by atoms with Crippen LogP contribution in [0, 0.1) is 12.8 Å². The summed E-state index contributed by atoms with van der Waals surface area (Å²) >= 11 is 3.46. The van der Waals surface area contributed by atoms with E-state index in [0.717, 1.165) is 12.8 Å². The van der Waals surface area contributed by atoms with E-state index in [2.05, 4.69) is 36.3 Å². The predicted octanol–water partition coefficient (Wildman–Crippen LogP) is 2.80. The lowest BCUT2D eigenvalue weighted by molar-refractivity contribution is -0.117. The highest BCUT2D eigenvalue weighted by Crippen LogP contribution is 2.33. The fraction of sp³-hybridized carbons (Fsp3) is 0.286. The van der Waals surface area contributed by atoms with Crippen molar-refractivity contribution in [1.29, 1.82) is 0 Å². The maximum atomic E-state index is 12.0. The fourth-order valence-electron chi connectivity index (χ4n) is 2.23. The molecule has 0 saturated heterocycles. The molecule has 0 atom stereocenters. The van der Waals surface area contributed by atoms with Gasteiger partial charge in [-0.3, -0.25) is 4.79 Å². The van der Waals surface area contributed by atoms with Crippen molar-refractivity contribution in [3.8, 4) is 11.6 Å². The van der Waals surface area contributed by atoms with E-state index in [1.165, 1.54) is 0 Å². The molecule has 0 aromatic carbocycles. The van der Waals surface area contributed by atoms with Crippen LogP contribution in [-0.4, -0.2) is 25.5 Å². The molecule has 3 aromatic rings. The number of hydrogen-bond donors (Lipinski definition) is 1. The Labute approximate surface area is 133 Å². The second-order valence-electron chi connectivity index (χ2n) is 5.23. The van der Waals surface area contributed by atoms with Crippen molar-refractivity contribution in [2.24, 2.45) is 5.92 Å². The third-order valence-corrected chi connectivity index (χ3v) is 4.20. The Bertz CT molecular complexity index is 867. The third-order valence-electron chi connectivity index (χ3n) is 3.47. The molecule has 4 rings (SSSR count). The average Bonchev–Trinajstić information content (AvgIpc) is 3.06. The summed E-state index contributed by atoms with van der Waals surface area (Å²) in [6.45, 7) is 1.80. The molecule has 8 heteroatoms. The molecule has 1 aliphatic rings. The first kappa shape index (κ1) is 13.4. The molecule has 1 amide bonds. The van der Waals surface area contributed by atoms with Gasteiger partial charge in [-0.05, 0) is 47.8 Å². The Morgan fingerprint density at radius 3 is 2.95 bits per heavy atom. The fourth-order valence-corrected chi connectivity index (χ4v) is 2.67. The predicted molar refractivity (Wildman–Crippen MR) is 82.3 cm³/mol. The Hall–Kier alpha value is -2.22. The number of nitrogens with zero attached hydrogens (tertiary/aromatic N) is 4. The smallest absolute Gasteiger partial charge is 0.228 e. The second-order valence-corrected chi connectivity index (χ2v) is 6.03. The van der Waals surface area contributed by atoms with Crippen LogP contribution in [0.15, 0.2) is 27.3 Å². The molecule has 1 N–H and O–H groups in total. The number of nitrogens with one attached hydrogen (secondary N) is 1. The van der Waals surface area contributed by atoms with Crippen LogP contribution >= 0.6 is 15.9 Å². The monoisotopic (exact) mass is 361 g/mol. The number of amides is 1. The van der Waals surface area contributed by atoms with Gasteiger partial charge in [0.15, 0.2) is 17.2 Å². The molecule has 0 unspecified atom stereocenters. The summed E-state index contributed by atoms with van der Waals surface area (Å²) in [6.07, 6.45) is 3.43. The maximum absolute atomic E-state index is 12.0. The van der Waals surface area contributed by atoms with Crippen LogP contribution in [0.5, 0.6) is 0 Å². The highest BCUT2D eigenvalue weighted by Gasteiger charge is 2.31. The lowest BCUT2D eigenvalue weighted by atomic mass is 10.3. The minimum atomic E-state index is -0.0146. The van der Waals surface area contributed by atoms with E-state index in [1.807, 2.05) is 0 Å². The van der Waals surface area contributed by atoms with Gasteiger partial charge in [-0.2, -0.15) is 4.52 Å². The van der Waals surface area contributed by atoms with Gasteiger partial charge < -0.3 is 9.73 Å². The topological polar surface area (TPSA) is 85.3 Å². The zero-order valence-corrected chi connectivity index (χ0v) is 13.3. The quantitative estimate of drug-likeness (QED) is 0.775. The van der Waals surface area contributed by atoms with Crippen LogP contribution in [0.4, 0.5) is 5.82 Å². The molecular weight excluding hydrogens is 350 g/mol. The molecular formula is C14H12BrN5O2. The standard InChI is InChI=1S/C14H12BrN5O2/c1-7-16-13-10(15)11(18-14(21)8-4-5-8)17-12(20(13)19-7)9-3-2-6-22-9/h2-3,6,8H,4-5H2,1H3,(H,18,21).